The number of thioether (sulfide) groups is 1. The molecule has 20 heavy (non-hydrogen) atoms. The molecule has 0 aliphatic carbocycles. The van der Waals surface area contributed by atoms with Gasteiger partial charge in [-0.25, -0.2) is 0 Å². The Morgan fingerprint density at radius 3 is 2.85 bits per heavy atom. The molecule has 1 saturated heterocycles. The summed E-state index contributed by atoms with van der Waals surface area (Å²) in [6.07, 6.45) is 3.23. The molecule has 1 fully saturated rings. The second kappa shape index (κ2) is 7.06. The third-order valence-electron chi connectivity index (χ3n) is 3.81. The summed E-state index contributed by atoms with van der Waals surface area (Å²) in [5.74, 6) is 1.78. The normalized spacial score (nSPS) is 20.2. The van der Waals surface area contributed by atoms with Crippen LogP contribution in [0.3, 0.4) is 0 Å². The number of halogens is 2. The lowest BCUT2D eigenvalue weighted by atomic mass is 10.00. The van der Waals surface area contributed by atoms with Crippen LogP contribution in [0.4, 0.5) is 0 Å². The maximum Gasteiger partial charge on any atom is 0.229 e. The van der Waals surface area contributed by atoms with E-state index >= 15 is 0 Å². The van der Waals surface area contributed by atoms with E-state index in [4.69, 9.17) is 23.2 Å². The van der Waals surface area contributed by atoms with Crippen molar-refractivity contribution in [3.63, 3.8) is 0 Å². The van der Waals surface area contributed by atoms with E-state index in [-0.39, 0.29) is 11.8 Å². The molecule has 0 radical (unpaired) electrons. The maximum absolute atomic E-state index is 12.5. The number of nitrogens with zero attached hydrogens (tertiary/aromatic N) is 1. The van der Waals surface area contributed by atoms with Crippen molar-refractivity contribution in [2.45, 2.75) is 19.3 Å². The van der Waals surface area contributed by atoms with Gasteiger partial charge in [-0.3, -0.25) is 4.79 Å². The third kappa shape index (κ3) is 3.63. The Morgan fingerprint density at radius 1 is 1.45 bits per heavy atom. The molecule has 0 spiro atoms. The Kier molecular flexibility index (Phi) is 5.65. The molecule has 1 aliphatic rings. The molecule has 2 nitrogen and oxygen atoms in total. The van der Waals surface area contributed by atoms with Crippen LogP contribution in [0.2, 0.25) is 10.0 Å². The molecular formula is C15H19Cl2NOS. The Bertz CT molecular complexity index is 495. The van der Waals surface area contributed by atoms with E-state index in [0.717, 1.165) is 30.8 Å². The topological polar surface area (TPSA) is 20.3 Å². The van der Waals surface area contributed by atoms with Gasteiger partial charge in [0.05, 0.1) is 16.0 Å². The fourth-order valence-corrected chi connectivity index (χ4v) is 3.65. The molecular weight excluding hydrogens is 313 g/mol. The van der Waals surface area contributed by atoms with E-state index in [1.807, 2.05) is 29.7 Å². The van der Waals surface area contributed by atoms with E-state index < -0.39 is 0 Å². The van der Waals surface area contributed by atoms with Crippen LogP contribution in [0.1, 0.15) is 24.8 Å². The number of benzene rings is 1. The summed E-state index contributed by atoms with van der Waals surface area (Å²) in [5.41, 5.74) is 0.928. The Hall–Kier alpha value is -0.380. The first kappa shape index (κ1) is 16.0. The SMILES string of the molecule is CSCC1CCN(C(=O)C(C)c2ccc(Cl)c(Cl)c2)C1. The van der Waals surface area contributed by atoms with E-state index in [1.165, 1.54) is 0 Å². The molecule has 0 N–H and O–H groups in total. The van der Waals surface area contributed by atoms with Crippen LogP contribution in [-0.2, 0) is 4.79 Å². The van der Waals surface area contributed by atoms with Gasteiger partial charge in [0.1, 0.15) is 0 Å². The number of hydrogen-bond donors (Lipinski definition) is 0. The van der Waals surface area contributed by atoms with Gasteiger partial charge in [0, 0.05) is 13.1 Å². The molecule has 0 saturated carbocycles. The van der Waals surface area contributed by atoms with Gasteiger partial charge in [-0.2, -0.15) is 11.8 Å². The van der Waals surface area contributed by atoms with Crippen LogP contribution in [0.5, 0.6) is 0 Å². The minimum Gasteiger partial charge on any atom is -0.342 e. The van der Waals surface area contributed by atoms with Gasteiger partial charge in [-0.05, 0) is 49.0 Å². The Labute approximate surface area is 134 Å². The van der Waals surface area contributed by atoms with E-state index in [0.29, 0.717) is 16.0 Å². The highest BCUT2D eigenvalue weighted by molar-refractivity contribution is 7.98. The van der Waals surface area contributed by atoms with Gasteiger partial charge in [-0.1, -0.05) is 29.3 Å². The lowest BCUT2D eigenvalue weighted by Crippen LogP contribution is -2.32. The zero-order chi connectivity index (χ0) is 14.7. The molecule has 1 aliphatic heterocycles. The van der Waals surface area contributed by atoms with E-state index in [2.05, 4.69) is 6.26 Å². The van der Waals surface area contributed by atoms with Gasteiger partial charge >= 0.3 is 0 Å². The summed E-state index contributed by atoms with van der Waals surface area (Å²) < 4.78 is 0. The molecule has 1 aromatic rings. The van der Waals surface area contributed by atoms with Crippen LogP contribution >= 0.6 is 35.0 Å². The largest absolute Gasteiger partial charge is 0.342 e. The molecule has 5 heteroatoms. The highest BCUT2D eigenvalue weighted by atomic mass is 35.5. The minimum absolute atomic E-state index is 0.169. The number of carbonyl (C=O) groups excluding carboxylic acids is 1. The average Bonchev–Trinajstić information content (AvgIpc) is 2.89. The molecule has 1 heterocycles. The second-order valence-electron chi connectivity index (χ2n) is 5.29. The number of likely N-dealkylation sites (tertiary alicyclic amines) is 1. The van der Waals surface area contributed by atoms with Crippen molar-refractivity contribution in [3.8, 4) is 0 Å². The lowest BCUT2D eigenvalue weighted by Gasteiger charge is -2.21. The Morgan fingerprint density at radius 2 is 2.20 bits per heavy atom. The van der Waals surface area contributed by atoms with E-state index in [9.17, 15) is 4.79 Å². The predicted molar refractivity (Wildman–Crippen MR) is 87.9 cm³/mol. The monoisotopic (exact) mass is 331 g/mol. The van der Waals surface area contributed by atoms with Crippen molar-refractivity contribution in [1.29, 1.82) is 0 Å². The lowest BCUT2D eigenvalue weighted by molar-refractivity contribution is -0.131. The first-order valence-corrected chi connectivity index (χ1v) is 8.90. The van der Waals surface area contributed by atoms with Gasteiger partial charge in [0.25, 0.3) is 0 Å². The minimum atomic E-state index is -0.169. The third-order valence-corrected chi connectivity index (χ3v) is 5.36. The molecule has 0 bridgehead atoms. The van der Waals surface area contributed by atoms with E-state index in [1.54, 1.807) is 12.1 Å². The Balaban J connectivity index is 2.03. The van der Waals surface area contributed by atoms with Crippen LogP contribution in [0, 0.1) is 5.92 Å². The van der Waals surface area contributed by atoms with Crippen LogP contribution < -0.4 is 0 Å². The first-order chi connectivity index (χ1) is 9.52. The van der Waals surface area contributed by atoms with Crippen LogP contribution in [0.25, 0.3) is 0 Å². The van der Waals surface area contributed by atoms with Crippen molar-refractivity contribution in [2.24, 2.45) is 5.92 Å². The molecule has 1 amide bonds. The summed E-state index contributed by atoms with van der Waals surface area (Å²) in [4.78, 5) is 14.5. The van der Waals surface area contributed by atoms with Crippen LogP contribution in [0.15, 0.2) is 18.2 Å². The van der Waals surface area contributed by atoms with Gasteiger partial charge in [0.2, 0.25) is 5.91 Å². The molecule has 2 unspecified atom stereocenters. The zero-order valence-corrected chi connectivity index (χ0v) is 14.1. The molecule has 2 atom stereocenters. The average molecular weight is 332 g/mol. The van der Waals surface area contributed by atoms with Gasteiger partial charge in [0.15, 0.2) is 0 Å². The molecule has 0 aromatic heterocycles. The van der Waals surface area contributed by atoms with Crippen LogP contribution in [-0.4, -0.2) is 35.9 Å². The maximum atomic E-state index is 12.5. The van der Waals surface area contributed by atoms with Crippen molar-refractivity contribution >= 4 is 40.9 Å². The second-order valence-corrected chi connectivity index (χ2v) is 7.01. The summed E-state index contributed by atoms with van der Waals surface area (Å²) in [5, 5.41) is 1.03. The summed E-state index contributed by atoms with van der Waals surface area (Å²) in [6, 6.07) is 5.43. The molecule has 1 aromatic carbocycles. The summed E-state index contributed by atoms with van der Waals surface area (Å²) in [7, 11) is 0. The fraction of sp³-hybridized carbons (Fsp3) is 0.533. The first-order valence-electron chi connectivity index (χ1n) is 6.75. The summed E-state index contributed by atoms with van der Waals surface area (Å²) in [6.45, 7) is 3.69. The standard InChI is InChI=1S/C15H19Cl2NOS/c1-10(12-3-4-13(16)14(17)7-12)15(19)18-6-5-11(8-18)9-20-2/h3-4,7,10-11H,5-6,8-9H2,1-2H3. The van der Waals surface area contributed by atoms with Crippen molar-refractivity contribution in [1.82, 2.24) is 4.90 Å². The molecule has 110 valence electrons. The number of amides is 1. The fourth-order valence-electron chi connectivity index (χ4n) is 2.60. The summed E-state index contributed by atoms with van der Waals surface area (Å²) >= 11 is 13.8. The van der Waals surface area contributed by atoms with Crippen molar-refractivity contribution in [3.05, 3.63) is 33.8 Å². The van der Waals surface area contributed by atoms with Crippen molar-refractivity contribution in [2.75, 3.05) is 25.1 Å². The number of rotatable bonds is 4. The van der Waals surface area contributed by atoms with Gasteiger partial charge in [-0.15, -0.1) is 0 Å². The van der Waals surface area contributed by atoms with Gasteiger partial charge < -0.3 is 4.90 Å². The van der Waals surface area contributed by atoms with Crippen molar-refractivity contribution < 1.29 is 4.79 Å². The predicted octanol–water partition coefficient (Wildman–Crippen LogP) is 4.31. The number of carbonyl (C=O) groups is 1. The number of hydrogen-bond acceptors (Lipinski definition) is 2. The zero-order valence-electron chi connectivity index (χ0n) is 11.7. The highest BCUT2D eigenvalue weighted by Crippen LogP contribution is 2.29. The molecule has 2 rings (SSSR count). The quantitative estimate of drug-likeness (QED) is 0.819. The highest BCUT2D eigenvalue weighted by Gasteiger charge is 2.29. The smallest absolute Gasteiger partial charge is 0.229 e.